The third-order valence-corrected chi connectivity index (χ3v) is 5.29. The standard InChI is InChI=1S/C11H7ClN2O.C10H7ClINO.CH3F/c12-10-3-8-1-7(6-15)2-9(4-13)11(8)14-5-10;11-8-3-7-1-6(5-14)2-9(12)10(7)13-4-8;1-2/h1-3,5,15H,6H2;1-4,14H,5H2;1H3/i;;1D. The van der Waals surface area contributed by atoms with Crippen molar-refractivity contribution in [2.24, 2.45) is 0 Å². The molecule has 0 atom stereocenters. The molecule has 2 aromatic heterocycles. The van der Waals surface area contributed by atoms with Crippen molar-refractivity contribution in [3.8, 4) is 6.07 Å². The van der Waals surface area contributed by atoms with Gasteiger partial charge in [0.15, 0.2) is 0 Å². The van der Waals surface area contributed by atoms with E-state index >= 15 is 0 Å². The second-order valence-electron chi connectivity index (χ2n) is 6.10. The zero-order valence-electron chi connectivity index (χ0n) is 17.0. The van der Waals surface area contributed by atoms with Gasteiger partial charge < -0.3 is 10.2 Å². The molecule has 2 heterocycles. The van der Waals surface area contributed by atoms with Gasteiger partial charge in [-0.2, -0.15) is 5.26 Å². The number of aliphatic hydroxyl groups excluding tert-OH is 2. The Labute approximate surface area is 203 Å². The Morgan fingerprint density at radius 1 is 0.968 bits per heavy atom. The lowest BCUT2D eigenvalue weighted by Gasteiger charge is -2.03. The molecule has 0 unspecified atom stereocenters. The van der Waals surface area contributed by atoms with E-state index < -0.39 is 7.15 Å². The number of fused-ring (bicyclic) bond motifs is 2. The fourth-order valence-electron chi connectivity index (χ4n) is 2.79. The lowest BCUT2D eigenvalue weighted by Crippen LogP contribution is -1.89. The first-order valence-corrected chi connectivity index (χ1v) is 10.5. The number of hydrogen-bond donors (Lipinski definition) is 2. The first-order valence-electron chi connectivity index (χ1n) is 9.36. The molecule has 4 aromatic rings. The van der Waals surface area contributed by atoms with Gasteiger partial charge in [-0.15, -0.1) is 0 Å². The summed E-state index contributed by atoms with van der Waals surface area (Å²) in [5.74, 6) is 0. The van der Waals surface area contributed by atoms with E-state index in [1.165, 1.54) is 6.20 Å². The lowest BCUT2D eigenvalue weighted by atomic mass is 10.1. The van der Waals surface area contributed by atoms with Crippen molar-refractivity contribution in [2.45, 2.75) is 13.2 Å². The van der Waals surface area contributed by atoms with Crippen LogP contribution in [0.2, 0.25) is 10.0 Å². The van der Waals surface area contributed by atoms with Gasteiger partial charge in [0.05, 0.1) is 48.4 Å². The molecule has 0 aliphatic carbocycles. The predicted octanol–water partition coefficient (Wildman–Crippen LogP) is 5.82. The quantitative estimate of drug-likeness (QED) is 0.295. The van der Waals surface area contributed by atoms with Crippen LogP contribution in [0.15, 0.2) is 48.8 Å². The average molecular weight is 573 g/mol. The van der Waals surface area contributed by atoms with Gasteiger partial charge in [0.1, 0.15) is 6.07 Å². The molecular formula is C22H17Cl2FIN3O2. The molecule has 2 N–H and O–H groups in total. The summed E-state index contributed by atoms with van der Waals surface area (Å²) in [6.07, 6.45) is 3.13. The van der Waals surface area contributed by atoms with Crippen LogP contribution in [0.3, 0.4) is 0 Å². The molecule has 0 aliphatic rings. The van der Waals surface area contributed by atoms with Crippen molar-refractivity contribution >= 4 is 67.6 Å². The van der Waals surface area contributed by atoms with Crippen molar-refractivity contribution < 1.29 is 16.0 Å². The van der Waals surface area contributed by atoms with Gasteiger partial charge in [-0.05, 0) is 70.1 Å². The third kappa shape index (κ3) is 6.45. The molecule has 0 bridgehead atoms. The van der Waals surface area contributed by atoms with Gasteiger partial charge in [0.2, 0.25) is 0 Å². The number of nitriles is 1. The Morgan fingerprint density at radius 2 is 1.45 bits per heavy atom. The van der Waals surface area contributed by atoms with Gasteiger partial charge in [-0.3, -0.25) is 14.4 Å². The van der Waals surface area contributed by atoms with Crippen LogP contribution >= 0.6 is 45.8 Å². The number of alkyl halides is 1. The minimum absolute atomic E-state index is 0.0401. The number of benzene rings is 2. The first kappa shape index (κ1) is 23.6. The summed E-state index contributed by atoms with van der Waals surface area (Å²) >= 11 is 13.8. The first-order chi connectivity index (χ1) is 15.4. The van der Waals surface area contributed by atoms with Gasteiger partial charge >= 0.3 is 0 Å². The number of aromatic nitrogens is 2. The monoisotopic (exact) mass is 572 g/mol. The number of halogens is 4. The summed E-state index contributed by atoms with van der Waals surface area (Å²) in [6.45, 7) is -0.0599. The topological polar surface area (TPSA) is 90.0 Å². The van der Waals surface area contributed by atoms with E-state index in [0.717, 1.165) is 25.4 Å². The number of aliphatic hydroxyl groups is 2. The number of nitrogens with zero attached hydrogens (tertiary/aromatic N) is 3. The largest absolute Gasteiger partial charge is 0.392 e. The second-order valence-corrected chi connectivity index (χ2v) is 8.13. The van der Waals surface area contributed by atoms with E-state index in [1.807, 2.05) is 24.3 Å². The van der Waals surface area contributed by atoms with Crippen LogP contribution in [0.4, 0.5) is 4.39 Å². The minimum atomic E-state index is -1.00. The highest BCUT2D eigenvalue weighted by Crippen LogP contribution is 2.24. The average Bonchev–Trinajstić information content (AvgIpc) is 2.78. The predicted molar refractivity (Wildman–Crippen MR) is 130 cm³/mol. The Morgan fingerprint density at radius 3 is 1.97 bits per heavy atom. The van der Waals surface area contributed by atoms with Crippen molar-refractivity contribution in [1.82, 2.24) is 9.97 Å². The van der Waals surface area contributed by atoms with Crippen molar-refractivity contribution in [3.05, 3.63) is 79.1 Å². The fraction of sp³-hybridized carbons (Fsp3) is 0.136. The molecule has 0 saturated carbocycles. The van der Waals surface area contributed by atoms with E-state index in [0.29, 0.717) is 26.7 Å². The summed E-state index contributed by atoms with van der Waals surface area (Å²) in [5.41, 5.74) is 3.55. The minimum Gasteiger partial charge on any atom is -0.392 e. The normalized spacial score (nSPS) is 10.4. The summed E-state index contributed by atoms with van der Waals surface area (Å²) in [7, 11) is -1.00. The van der Waals surface area contributed by atoms with E-state index in [4.69, 9.17) is 40.0 Å². The van der Waals surface area contributed by atoms with Crippen LogP contribution in [-0.4, -0.2) is 27.3 Å². The van der Waals surface area contributed by atoms with Gasteiger partial charge in [0, 0.05) is 26.7 Å². The molecule has 0 fully saturated rings. The summed E-state index contributed by atoms with van der Waals surface area (Å²) in [6, 6.07) is 12.8. The zero-order valence-corrected chi connectivity index (χ0v) is 19.7. The van der Waals surface area contributed by atoms with Crippen LogP contribution in [0, 0.1) is 14.9 Å². The highest BCUT2D eigenvalue weighted by atomic mass is 127. The molecule has 4 rings (SSSR count). The zero-order chi connectivity index (χ0) is 23.7. The van der Waals surface area contributed by atoms with E-state index in [-0.39, 0.29) is 13.2 Å². The van der Waals surface area contributed by atoms with Gasteiger partial charge in [0.25, 0.3) is 0 Å². The molecule has 0 saturated heterocycles. The van der Waals surface area contributed by atoms with Gasteiger partial charge in [-0.25, -0.2) is 0 Å². The molecule has 2 aromatic carbocycles. The van der Waals surface area contributed by atoms with Crippen molar-refractivity contribution in [3.63, 3.8) is 0 Å². The van der Waals surface area contributed by atoms with E-state index in [2.05, 4.69) is 32.6 Å². The molecule has 9 heteroatoms. The maximum Gasteiger partial charge on any atom is 0.101 e. The van der Waals surface area contributed by atoms with Crippen LogP contribution in [0.1, 0.15) is 18.1 Å². The third-order valence-electron chi connectivity index (χ3n) is 4.06. The van der Waals surface area contributed by atoms with Crippen LogP contribution in [0.25, 0.3) is 21.8 Å². The maximum absolute atomic E-state index is 9.96. The summed E-state index contributed by atoms with van der Waals surface area (Å²) in [5, 5.41) is 29.8. The molecule has 0 aliphatic heterocycles. The number of rotatable bonds is 2. The molecule has 31 heavy (non-hydrogen) atoms. The number of hydrogen-bond acceptors (Lipinski definition) is 5. The van der Waals surface area contributed by atoms with E-state index in [1.54, 1.807) is 24.4 Å². The van der Waals surface area contributed by atoms with E-state index in [9.17, 15) is 4.39 Å². The maximum atomic E-state index is 9.96. The fourth-order valence-corrected chi connectivity index (χ4v) is 3.97. The Balaban J connectivity index is 0.000000203. The molecule has 0 radical (unpaired) electrons. The molecule has 5 nitrogen and oxygen atoms in total. The SMILES string of the molecule is N#Cc1cc(CO)cc2cc(Cl)cnc12.OCc1cc(I)c2ncc(Cl)cc2c1.[2H]CF. The van der Waals surface area contributed by atoms with Gasteiger partial charge in [-0.1, -0.05) is 23.2 Å². The van der Waals surface area contributed by atoms with Crippen LogP contribution in [-0.2, 0) is 13.2 Å². The molecule has 0 spiro atoms. The number of pyridine rings is 2. The molecule has 0 amide bonds. The van der Waals surface area contributed by atoms with Crippen LogP contribution < -0.4 is 0 Å². The van der Waals surface area contributed by atoms with Crippen molar-refractivity contribution in [2.75, 3.05) is 7.15 Å². The highest BCUT2D eigenvalue weighted by molar-refractivity contribution is 14.1. The molecule has 160 valence electrons. The summed E-state index contributed by atoms with van der Waals surface area (Å²) < 4.78 is 16.5. The smallest absolute Gasteiger partial charge is 0.101 e. The van der Waals surface area contributed by atoms with Crippen LogP contribution in [0.5, 0.6) is 0 Å². The lowest BCUT2D eigenvalue weighted by molar-refractivity contribution is 0.281. The summed E-state index contributed by atoms with van der Waals surface area (Å²) in [4.78, 5) is 8.33. The Kier molecular flexibility index (Phi) is 9.18. The van der Waals surface area contributed by atoms with Crippen molar-refractivity contribution in [1.29, 1.82) is 5.26 Å². The Hall–Kier alpha value is -2.09. The molecular weight excluding hydrogens is 555 g/mol. The highest BCUT2D eigenvalue weighted by Gasteiger charge is 2.05. The second kappa shape index (κ2) is 12.1. The Bertz CT molecular complexity index is 1270.